The molecule has 0 saturated carbocycles. The van der Waals surface area contributed by atoms with Crippen LogP contribution >= 0.6 is 11.8 Å². The van der Waals surface area contributed by atoms with Crippen LogP contribution in [0.25, 0.3) is 5.69 Å². The highest BCUT2D eigenvalue weighted by molar-refractivity contribution is 7.99. The average molecular weight is 326 g/mol. The van der Waals surface area contributed by atoms with Crippen LogP contribution in [0, 0.1) is 6.92 Å². The van der Waals surface area contributed by atoms with Crippen LogP contribution in [0.3, 0.4) is 0 Å². The van der Waals surface area contributed by atoms with E-state index < -0.39 is 0 Å². The van der Waals surface area contributed by atoms with Crippen LogP contribution in [-0.2, 0) is 6.42 Å². The van der Waals surface area contributed by atoms with E-state index in [4.69, 9.17) is 0 Å². The molecule has 1 aromatic carbocycles. The average Bonchev–Trinajstić information content (AvgIpc) is 3.22. The molecule has 0 spiro atoms. The van der Waals surface area contributed by atoms with Crippen LogP contribution in [-0.4, -0.2) is 35.5 Å². The summed E-state index contributed by atoms with van der Waals surface area (Å²) < 4.78 is 4.12. The van der Waals surface area contributed by atoms with Gasteiger partial charge in [0.05, 0.1) is 5.69 Å². The van der Waals surface area contributed by atoms with Gasteiger partial charge >= 0.3 is 0 Å². The molecule has 0 radical (unpaired) electrons. The molecule has 118 valence electrons. The first-order chi connectivity index (χ1) is 11.3. The topological polar surface area (TPSA) is 61.4 Å². The minimum absolute atomic E-state index is 0.467. The van der Waals surface area contributed by atoms with Crippen molar-refractivity contribution in [2.24, 2.45) is 0 Å². The first kappa shape index (κ1) is 14.4. The van der Waals surface area contributed by atoms with Gasteiger partial charge in [-0.2, -0.15) is 4.68 Å². The molecule has 1 aliphatic heterocycles. The highest BCUT2D eigenvalue weighted by Gasteiger charge is 2.21. The van der Waals surface area contributed by atoms with E-state index >= 15 is 0 Å². The molecular formula is C16H18N6S. The Bertz CT molecular complexity index is 808. The zero-order chi connectivity index (χ0) is 15.6. The second-order valence-corrected chi connectivity index (χ2v) is 6.81. The summed E-state index contributed by atoms with van der Waals surface area (Å²) in [5.74, 6) is 2.15. The quantitative estimate of drug-likeness (QED) is 0.690. The zero-order valence-electron chi connectivity index (χ0n) is 13.0. The molecule has 6 nitrogen and oxygen atoms in total. The summed E-state index contributed by atoms with van der Waals surface area (Å²) in [6.45, 7) is 2.07. The van der Waals surface area contributed by atoms with Gasteiger partial charge in [-0.15, -0.1) is 5.10 Å². The standard InChI is InChI=1S/C16H18N6S/c1-12-4-2-5-13(10-12)22-16(18-19-20-22)23-11-14-6-3-7-15-17-8-9-21(14)15/h2,4-5,8-10,14H,3,6-7,11H2,1H3. The Morgan fingerprint density at radius 3 is 3.22 bits per heavy atom. The molecule has 3 heterocycles. The van der Waals surface area contributed by atoms with Gasteiger partial charge in [-0.3, -0.25) is 0 Å². The van der Waals surface area contributed by atoms with Gasteiger partial charge < -0.3 is 4.57 Å². The van der Waals surface area contributed by atoms with Gasteiger partial charge in [0.1, 0.15) is 5.82 Å². The molecule has 0 N–H and O–H groups in total. The van der Waals surface area contributed by atoms with Gasteiger partial charge in [0, 0.05) is 30.6 Å². The Morgan fingerprint density at radius 1 is 1.35 bits per heavy atom. The second kappa shape index (κ2) is 6.16. The first-order valence-electron chi connectivity index (χ1n) is 7.81. The predicted molar refractivity (Wildman–Crippen MR) is 88.8 cm³/mol. The molecule has 0 fully saturated rings. The number of aromatic nitrogens is 6. The number of aryl methyl sites for hydroxylation is 2. The Balaban J connectivity index is 1.52. The molecule has 0 saturated heterocycles. The maximum atomic E-state index is 4.44. The molecule has 1 aliphatic rings. The summed E-state index contributed by atoms with van der Waals surface area (Å²) in [5, 5.41) is 13.0. The van der Waals surface area contributed by atoms with Crippen LogP contribution in [0.2, 0.25) is 0 Å². The van der Waals surface area contributed by atoms with Crippen molar-refractivity contribution in [1.29, 1.82) is 0 Å². The number of thioether (sulfide) groups is 1. The highest BCUT2D eigenvalue weighted by Crippen LogP contribution is 2.29. The molecule has 2 aromatic heterocycles. The first-order valence-corrected chi connectivity index (χ1v) is 8.80. The van der Waals surface area contributed by atoms with Gasteiger partial charge in [0.2, 0.25) is 5.16 Å². The number of fused-ring (bicyclic) bond motifs is 1. The van der Waals surface area contributed by atoms with E-state index in [0.29, 0.717) is 6.04 Å². The third-order valence-corrected chi connectivity index (χ3v) is 5.24. The minimum atomic E-state index is 0.467. The van der Waals surface area contributed by atoms with Crippen LogP contribution < -0.4 is 0 Å². The minimum Gasteiger partial charge on any atom is -0.331 e. The van der Waals surface area contributed by atoms with Crippen molar-refractivity contribution in [2.75, 3.05) is 5.75 Å². The van der Waals surface area contributed by atoms with E-state index in [1.165, 1.54) is 24.2 Å². The molecule has 0 bridgehead atoms. The van der Waals surface area contributed by atoms with Crippen LogP contribution in [0.4, 0.5) is 0 Å². The largest absolute Gasteiger partial charge is 0.331 e. The molecule has 0 amide bonds. The Morgan fingerprint density at radius 2 is 2.30 bits per heavy atom. The van der Waals surface area contributed by atoms with Gasteiger partial charge in [-0.25, -0.2) is 4.98 Å². The lowest BCUT2D eigenvalue weighted by molar-refractivity contribution is 0.431. The number of tetrazole rings is 1. The van der Waals surface area contributed by atoms with E-state index in [1.807, 2.05) is 23.0 Å². The number of benzene rings is 1. The van der Waals surface area contributed by atoms with E-state index in [9.17, 15) is 0 Å². The number of imidazole rings is 1. The lowest BCUT2D eigenvalue weighted by Crippen LogP contribution is -2.19. The van der Waals surface area contributed by atoms with Crippen molar-refractivity contribution in [2.45, 2.75) is 37.4 Å². The normalized spacial score (nSPS) is 17.2. The van der Waals surface area contributed by atoms with Crippen molar-refractivity contribution in [3.05, 3.63) is 48.0 Å². The lowest BCUT2D eigenvalue weighted by Gasteiger charge is -2.24. The fourth-order valence-corrected chi connectivity index (χ4v) is 4.06. The smallest absolute Gasteiger partial charge is 0.214 e. The number of hydrogen-bond donors (Lipinski definition) is 0. The van der Waals surface area contributed by atoms with Crippen molar-refractivity contribution >= 4 is 11.8 Å². The Labute approximate surface area is 138 Å². The van der Waals surface area contributed by atoms with E-state index in [-0.39, 0.29) is 0 Å². The summed E-state index contributed by atoms with van der Waals surface area (Å²) in [4.78, 5) is 4.44. The molecular weight excluding hydrogens is 308 g/mol. The molecule has 7 heteroatoms. The monoisotopic (exact) mass is 326 g/mol. The van der Waals surface area contributed by atoms with Gasteiger partial charge in [0.15, 0.2) is 0 Å². The molecule has 1 atom stereocenters. The third-order valence-electron chi connectivity index (χ3n) is 4.17. The summed E-state index contributed by atoms with van der Waals surface area (Å²) in [6.07, 6.45) is 7.45. The number of nitrogens with zero attached hydrogens (tertiary/aromatic N) is 6. The second-order valence-electron chi connectivity index (χ2n) is 5.82. The van der Waals surface area contributed by atoms with Gasteiger partial charge in [-0.1, -0.05) is 23.9 Å². The highest BCUT2D eigenvalue weighted by atomic mass is 32.2. The molecule has 3 aromatic rings. The number of hydrogen-bond acceptors (Lipinski definition) is 5. The molecule has 0 aliphatic carbocycles. The fraction of sp³-hybridized carbons (Fsp3) is 0.375. The van der Waals surface area contributed by atoms with Crippen molar-refractivity contribution in [1.82, 2.24) is 29.8 Å². The zero-order valence-corrected chi connectivity index (χ0v) is 13.8. The molecule has 1 unspecified atom stereocenters. The maximum Gasteiger partial charge on any atom is 0.214 e. The molecule has 4 rings (SSSR count). The Kier molecular flexibility index (Phi) is 3.87. The molecule has 23 heavy (non-hydrogen) atoms. The van der Waals surface area contributed by atoms with Gasteiger partial charge in [0.25, 0.3) is 0 Å². The fourth-order valence-electron chi connectivity index (χ4n) is 3.03. The maximum absolute atomic E-state index is 4.44. The summed E-state index contributed by atoms with van der Waals surface area (Å²) in [7, 11) is 0. The third kappa shape index (κ3) is 2.88. The summed E-state index contributed by atoms with van der Waals surface area (Å²) in [6, 6.07) is 8.69. The van der Waals surface area contributed by atoms with Crippen LogP contribution in [0.5, 0.6) is 0 Å². The van der Waals surface area contributed by atoms with Crippen molar-refractivity contribution in [3.8, 4) is 5.69 Å². The SMILES string of the molecule is Cc1cccc(-n2nnnc2SCC2CCCc3nccn32)c1. The Hall–Kier alpha value is -2.15. The summed E-state index contributed by atoms with van der Waals surface area (Å²) >= 11 is 1.71. The van der Waals surface area contributed by atoms with Crippen LogP contribution in [0.15, 0.2) is 41.8 Å². The lowest BCUT2D eigenvalue weighted by atomic mass is 10.1. The van der Waals surface area contributed by atoms with E-state index in [2.05, 4.69) is 50.3 Å². The summed E-state index contributed by atoms with van der Waals surface area (Å²) in [5.41, 5.74) is 2.20. The van der Waals surface area contributed by atoms with E-state index in [1.54, 1.807) is 11.8 Å². The van der Waals surface area contributed by atoms with Crippen LogP contribution in [0.1, 0.15) is 30.3 Å². The van der Waals surface area contributed by atoms with Crippen molar-refractivity contribution in [3.63, 3.8) is 0 Å². The van der Waals surface area contributed by atoms with Gasteiger partial charge in [-0.05, 0) is 47.9 Å². The van der Waals surface area contributed by atoms with Crippen molar-refractivity contribution < 1.29 is 0 Å². The number of rotatable bonds is 4. The van der Waals surface area contributed by atoms with E-state index in [0.717, 1.165) is 23.0 Å². The predicted octanol–water partition coefficient (Wildman–Crippen LogP) is 2.84.